The van der Waals surface area contributed by atoms with E-state index in [2.05, 4.69) is 35.2 Å². The first-order valence-electron chi connectivity index (χ1n) is 7.55. The topological polar surface area (TPSA) is 12.5 Å². The number of hydrogen-bond donors (Lipinski definition) is 0. The van der Waals surface area contributed by atoms with Crippen LogP contribution in [0.4, 0.5) is 4.39 Å². The van der Waals surface area contributed by atoms with Crippen molar-refractivity contribution in [2.75, 3.05) is 20.2 Å². The summed E-state index contributed by atoms with van der Waals surface area (Å²) in [6.07, 6.45) is 3.18. The number of methoxy groups -OCH3 is 1. The lowest BCUT2D eigenvalue weighted by Crippen LogP contribution is -2.28. The van der Waals surface area contributed by atoms with E-state index < -0.39 is 0 Å². The Labute approximate surface area is 130 Å². The molecule has 0 spiro atoms. The lowest BCUT2D eigenvalue weighted by atomic mass is 9.98. The van der Waals surface area contributed by atoms with Crippen LogP contribution in [0.3, 0.4) is 0 Å². The number of rotatable bonds is 4. The molecule has 2 aromatic rings. The Balaban J connectivity index is 1.71. The lowest BCUT2D eigenvalue weighted by Gasteiger charge is -2.27. The van der Waals surface area contributed by atoms with Crippen molar-refractivity contribution < 1.29 is 9.13 Å². The van der Waals surface area contributed by atoms with Gasteiger partial charge in [0.1, 0.15) is 11.6 Å². The molecule has 0 atom stereocenters. The molecule has 3 rings (SSSR count). The molecule has 22 heavy (non-hydrogen) atoms. The van der Waals surface area contributed by atoms with E-state index in [4.69, 9.17) is 4.74 Å². The molecule has 0 radical (unpaired) electrons. The van der Waals surface area contributed by atoms with Crippen molar-refractivity contribution in [3.8, 4) is 5.75 Å². The van der Waals surface area contributed by atoms with Crippen LogP contribution in [0.15, 0.2) is 54.6 Å². The third-order valence-corrected chi connectivity index (χ3v) is 4.05. The molecule has 0 amide bonds. The summed E-state index contributed by atoms with van der Waals surface area (Å²) in [5.41, 5.74) is 3.57. The van der Waals surface area contributed by atoms with E-state index in [9.17, 15) is 4.39 Å². The summed E-state index contributed by atoms with van der Waals surface area (Å²) in [4.78, 5) is 2.41. The van der Waals surface area contributed by atoms with Crippen molar-refractivity contribution in [1.29, 1.82) is 0 Å². The van der Waals surface area contributed by atoms with E-state index in [1.54, 1.807) is 7.11 Å². The molecular formula is C19H20FNO. The summed E-state index contributed by atoms with van der Waals surface area (Å²) < 4.78 is 18.6. The van der Waals surface area contributed by atoms with Crippen molar-refractivity contribution in [1.82, 2.24) is 4.90 Å². The predicted octanol–water partition coefficient (Wildman–Crippen LogP) is 4.12. The molecule has 0 aliphatic carbocycles. The van der Waals surface area contributed by atoms with Crippen LogP contribution in [0, 0.1) is 5.82 Å². The van der Waals surface area contributed by atoms with Crippen LogP contribution in [0.25, 0.3) is 5.57 Å². The Hall–Kier alpha value is -2.13. The van der Waals surface area contributed by atoms with Gasteiger partial charge in [-0.1, -0.05) is 36.4 Å². The minimum Gasteiger partial charge on any atom is -0.496 e. The minimum absolute atomic E-state index is 0.261. The van der Waals surface area contributed by atoms with Gasteiger partial charge in [0.15, 0.2) is 0 Å². The third kappa shape index (κ3) is 3.37. The Morgan fingerprint density at radius 2 is 1.95 bits per heavy atom. The zero-order valence-corrected chi connectivity index (χ0v) is 12.8. The van der Waals surface area contributed by atoms with Crippen molar-refractivity contribution in [2.24, 2.45) is 0 Å². The fourth-order valence-electron chi connectivity index (χ4n) is 2.87. The summed E-state index contributed by atoms with van der Waals surface area (Å²) in [6.45, 7) is 2.87. The van der Waals surface area contributed by atoms with Gasteiger partial charge in [0.2, 0.25) is 0 Å². The van der Waals surface area contributed by atoms with Crippen LogP contribution in [-0.4, -0.2) is 25.1 Å². The van der Waals surface area contributed by atoms with Gasteiger partial charge in [0, 0.05) is 31.3 Å². The van der Waals surface area contributed by atoms with Crippen molar-refractivity contribution in [2.45, 2.75) is 13.0 Å². The maximum absolute atomic E-state index is 13.3. The summed E-state index contributed by atoms with van der Waals surface area (Å²) >= 11 is 0. The highest BCUT2D eigenvalue weighted by Crippen LogP contribution is 2.31. The first kappa shape index (κ1) is 14.8. The van der Waals surface area contributed by atoms with Crippen LogP contribution < -0.4 is 4.74 Å². The number of halogens is 1. The second-order valence-corrected chi connectivity index (χ2v) is 5.54. The Morgan fingerprint density at radius 1 is 1.14 bits per heavy atom. The molecule has 3 heteroatoms. The van der Waals surface area contributed by atoms with Gasteiger partial charge in [0.25, 0.3) is 0 Å². The molecule has 0 saturated heterocycles. The Kier molecular flexibility index (Phi) is 4.54. The van der Waals surface area contributed by atoms with Gasteiger partial charge >= 0.3 is 0 Å². The molecule has 0 unspecified atom stereocenters. The molecule has 2 aromatic carbocycles. The molecule has 0 aromatic heterocycles. The summed E-state index contributed by atoms with van der Waals surface area (Å²) in [7, 11) is 1.59. The summed E-state index contributed by atoms with van der Waals surface area (Å²) in [5.74, 6) is 0.352. The van der Waals surface area contributed by atoms with E-state index in [-0.39, 0.29) is 5.82 Å². The SMILES string of the molecule is COc1cc(F)ccc1C1=CCN(Cc2ccccc2)CC1. The molecule has 0 fully saturated rings. The molecule has 0 saturated carbocycles. The van der Waals surface area contributed by atoms with E-state index in [0.29, 0.717) is 5.75 Å². The first-order valence-corrected chi connectivity index (χ1v) is 7.55. The van der Waals surface area contributed by atoms with Gasteiger partial charge in [-0.15, -0.1) is 0 Å². The number of nitrogens with zero attached hydrogens (tertiary/aromatic N) is 1. The van der Waals surface area contributed by atoms with Gasteiger partial charge in [-0.05, 0) is 29.7 Å². The van der Waals surface area contributed by atoms with E-state index >= 15 is 0 Å². The summed E-state index contributed by atoms with van der Waals surface area (Å²) in [5, 5.41) is 0. The Bertz CT molecular complexity index is 666. The zero-order chi connectivity index (χ0) is 15.4. The second kappa shape index (κ2) is 6.75. The minimum atomic E-state index is -0.261. The highest BCUT2D eigenvalue weighted by molar-refractivity contribution is 5.71. The van der Waals surface area contributed by atoms with Crippen LogP contribution in [0.2, 0.25) is 0 Å². The smallest absolute Gasteiger partial charge is 0.129 e. The molecule has 1 heterocycles. The normalized spacial score (nSPS) is 15.5. The number of benzene rings is 2. The molecule has 2 nitrogen and oxygen atoms in total. The van der Waals surface area contributed by atoms with Crippen LogP contribution >= 0.6 is 0 Å². The fraction of sp³-hybridized carbons (Fsp3) is 0.263. The van der Waals surface area contributed by atoms with Gasteiger partial charge < -0.3 is 4.74 Å². The average molecular weight is 297 g/mol. The molecule has 0 N–H and O–H groups in total. The van der Waals surface area contributed by atoms with Gasteiger partial charge in [0.05, 0.1) is 7.11 Å². The number of hydrogen-bond acceptors (Lipinski definition) is 2. The zero-order valence-electron chi connectivity index (χ0n) is 12.8. The highest BCUT2D eigenvalue weighted by Gasteiger charge is 2.16. The second-order valence-electron chi connectivity index (χ2n) is 5.54. The Morgan fingerprint density at radius 3 is 2.64 bits per heavy atom. The van der Waals surface area contributed by atoms with E-state index in [0.717, 1.165) is 31.6 Å². The van der Waals surface area contributed by atoms with Crippen molar-refractivity contribution >= 4 is 5.57 Å². The van der Waals surface area contributed by atoms with Gasteiger partial charge in [-0.3, -0.25) is 4.90 Å². The lowest BCUT2D eigenvalue weighted by molar-refractivity contribution is 0.293. The van der Waals surface area contributed by atoms with Crippen molar-refractivity contribution in [3.63, 3.8) is 0 Å². The number of ether oxygens (including phenoxy) is 1. The quantitative estimate of drug-likeness (QED) is 0.841. The van der Waals surface area contributed by atoms with Crippen LogP contribution in [0.5, 0.6) is 5.75 Å². The molecule has 1 aliphatic rings. The van der Waals surface area contributed by atoms with Crippen molar-refractivity contribution in [3.05, 3.63) is 71.6 Å². The molecule has 0 bridgehead atoms. The first-order chi connectivity index (χ1) is 10.8. The summed E-state index contributed by atoms with van der Waals surface area (Å²) in [6, 6.07) is 15.3. The fourth-order valence-corrected chi connectivity index (χ4v) is 2.87. The standard InChI is InChI=1S/C19H20FNO/c1-22-19-13-17(20)7-8-18(19)16-9-11-21(12-10-16)14-15-5-3-2-4-6-15/h2-9,13H,10-12,14H2,1H3. The highest BCUT2D eigenvalue weighted by atomic mass is 19.1. The van der Waals surface area contributed by atoms with Crippen LogP contribution in [-0.2, 0) is 6.54 Å². The molecular weight excluding hydrogens is 277 g/mol. The van der Waals surface area contributed by atoms with E-state index in [1.807, 2.05) is 12.1 Å². The van der Waals surface area contributed by atoms with Gasteiger partial charge in [-0.2, -0.15) is 0 Å². The maximum Gasteiger partial charge on any atom is 0.129 e. The van der Waals surface area contributed by atoms with E-state index in [1.165, 1.54) is 23.3 Å². The molecule has 114 valence electrons. The maximum atomic E-state index is 13.3. The monoisotopic (exact) mass is 297 g/mol. The average Bonchev–Trinajstić information content (AvgIpc) is 2.56. The van der Waals surface area contributed by atoms with Crippen LogP contribution in [0.1, 0.15) is 17.5 Å². The third-order valence-electron chi connectivity index (χ3n) is 4.05. The predicted molar refractivity (Wildman–Crippen MR) is 87.3 cm³/mol. The van der Waals surface area contributed by atoms with Gasteiger partial charge in [-0.25, -0.2) is 4.39 Å². The largest absolute Gasteiger partial charge is 0.496 e. The molecule has 1 aliphatic heterocycles.